The highest BCUT2D eigenvalue weighted by Gasteiger charge is 2.15. The van der Waals surface area contributed by atoms with Crippen molar-refractivity contribution in [2.24, 2.45) is 5.92 Å². The van der Waals surface area contributed by atoms with E-state index >= 15 is 0 Å². The van der Waals surface area contributed by atoms with Crippen molar-refractivity contribution in [1.82, 2.24) is 0 Å². The van der Waals surface area contributed by atoms with Crippen molar-refractivity contribution in [2.45, 2.75) is 26.9 Å². The first kappa shape index (κ1) is 12.4. The summed E-state index contributed by atoms with van der Waals surface area (Å²) in [4.78, 5) is 11.7. The number of hydrogen-bond acceptors (Lipinski definition) is 4. The van der Waals surface area contributed by atoms with Gasteiger partial charge in [0, 0.05) is 0 Å². The summed E-state index contributed by atoms with van der Waals surface area (Å²) in [5.41, 5.74) is 6.01. The summed E-state index contributed by atoms with van der Waals surface area (Å²) in [6.07, 6.45) is -0.150. The van der Waals surface area contributed by atoms with Gasteiger partial charge in [0.2, 0.25) is 0 Å². The number of carbonyl (C=O) groups is 1. The van der Waals surface area contributed by atoms with Gasteiger partial charge in [0.1, 0.15) is 11.9 Å². The van der Waals surface area contributed by atoms with Crippen LogP contribution in [0, 0.1) is 5.92 Å². The highest BCUT2D eigenvalue weighted by atomic mass is 16.5. The molecule has 3 N–H and O–H groups in total. The Hall–Kier alpha value is -1.71. The van der Waals surface area contributed by atoms with E-state index in [0.717, 1.165) is 0 Å². The maximum Gasteiger partial charge on any atom is 0.338 e. The molecule has 1 aromatic carbocycles. The molecular weight excluding hydrogens is 206 g/mol. The fourth-order valence-electron chi connectivity index (χ4n) is 1.05. The van der Waals surface area contributed by atoms with Gasteiger partial charge in [-0.05, 0) is 31.0 Å². The molecule has 0 aliphatic carbocycles. The van der Waals surface area contributed by atoms with Crippen LogP contribution in [-0.2, 0) is 4.74 Å². The van der Waals surface area contributed by atoms with Gasteiger partial charge in [-0.15, -0.1) is 0 Å². The molecule has 4 nitrogen and oxygen atoms in total. The van der Waals surface area contributed by atoms with Gasteiger partial charge in [-0.25, -0.2) is 4.79 Å². The Kier molecular flexibility index (Phi) is 3.77. The Morgan fingerprint density at radius 3 is 2.50 bits per heavy atom. The highest BCUT2D eigenvalue weighted by molar-refractivity contribution is 5.91. The number of ether oxygens (including phenoxy) is 1. The van der Waals surface area contributed by atoms with Crippen LogP contribution in [0.5, 0.6) is 5.75 Å². The maximum atomic E-state index is 11.7. The SMILES string of the molecule is CC(C)C(C)OC(=O)c1ccc(O)c(N)c1. The number of nitrogen functional groups attached to an aromatic ring is 1. The van der Waals surface area contributed by atoms with E-state index in [4.69, 9.17) is 10.5 Å². The van der Waals surface area contributed by atoms with Crippen molar-refractivity contribution < 1.29 is 14.6 Å². The molecule has 0 aromatic heterocycles. The van der Waals surface area contributed by atoms with Gasteiger partial charge in [-0.1, -0.05) is 13.8 Å². The molecule has 0 heterocycles. The normalized spacial score (nSPS) is 12.5. The molecule has 0 amide bonds. The van der Waals surface area contributed by atoms with Crippen LogP contribution in [0.15, 0.2) is 18.2 Å². The smallest absolute Gasteiger partial charge is 0.338 e. The van der Waals surface area contributed by atoms with Gasteiger partial charge < -0.3 is 15.6 Å². The largest absolute Gasteiger partial charge is 0.506 e. The van der Waals surface area contributed by atoms with Crippen LogP contribution in [0.2, 0.25) is 0 Å². The van der Waals surface area contributed by atoms with E-state index in [-0.39, 0.29) is 23.5 Å². The summed E-state index contributed by atoms with van der Waals surface area (Å²) < 4.78 is 5.22. The van der Waals surface area contributed by atoms with Gasteiger partial charge >= 0.3 is 5.97 Å². The lowest BCUT2D eigenvalue weighted by molar-refractivity contribution is 0.0238. The Morgan fingerprint density at radius 1 is 1.38 bits per heavy atom. The van der Waals surface area contributed by atoms with Crippen molar-refractivity contribution in [3.8, 4) is 5.75 Å². The van der Waals surface area contributed by atoms with Crippen LogP contribution in [0.4, 0.5) is 5.69 Å². The number of esters is 1. The molecular formula is C12H17NO3. The minimum Gasteiger partial charge on any atom is -0.506 e. The number of rotatable bonds is 3. The molecule has 0 aliphatic heterocycles. The molecule has 4 heteroatoms. The van der Waals surface area contributed by atoms with Crippen LogP contribution >= 0.6 is 0 Å². The molecule has 0 aliphatic rings. The second-order valence-electron chi connectivity index (χ2n) is 4.13. The van der Waals surface area contributed by atoms with Crippen LogP contribution in [0.3, 0.4) is 0 Å². The minimum absolute atomic E-state index is 0.0338. The topological polar surface area (TPSA) is 72.5 Å². The Bertz CT molecular complexity index is 388. The third-order valence-corrected chi connectivity index (χ3v) is 2.49. The molecule has 1 atom stereocenters. The number of hydrogen-bond donors (Lipinski definition) is 2. The summed E-state index contributed by atoms with van der Waals surface area (Å²) >= 11 is 0. The average molecular weight is 223 g/mol. The van der Waals surface area contributed by atoms with Gasteiger partial charge in [0.05, 0.1) is 11.3 Å². The number of benzene rings is 1. The van der Waals surface area contributed by atoms with Gasteiger partial charge in [0.25, 0.3) is 0 Å². The second-order valence-corrected chi connectivity index (χ2v) is 4.13. The summed E-state index contributed by atoms with van der Waals surface area (Å²) in [6.45, 7) is 5.79. The van der Waals surface area contributed by atoms with E-state index in [1.165, 1.54) is 18.2 Å². The van der Waals surface area contributed by atoms with Crippen LogP contribution < -0.4 is 5.73 Å². The van der Waals surface area contributed by atoms with Crippen molar-refractivity contribution in [1.29, 1.82) is 0 Å². The summed E-state index contributed by atoms with van der Waals surface area (Å²) in [5.74, 6) is -0.195. The lowest BCUT2D eigenvalue weighted by atomic mass is 10.1. The van der Waals surface area contributed by atoms with Crippen molar-refractivity contribution in [3.05, 3.63) is 23.8 Å². The van der Waals surface area contributed by atoms with E-state index < -0.39 is 5.97 Å². The first-order valence-electron chi connectivity index (χ1n) is 5.21. The molecule has 0 radical (unpaired) electrons. The molecule has 1 rings (SSSR count). The van der Waals surface area contributed by atoms with Crippen molar-refractivity contribution in [2.75, 3.05) is 5.73 Å². The van der Waals surface area contributed by atoms with E-state index in [1.54, 1.807) is 0 Å². The van der Waals surface area contributed by atoms with Gasteiger partial charge in [-0.3, -0.25) is 0 Å². The molecule has 1 unspecified atom stereocenters. The molecule has 0 saturated carbocycles. The number of aromatic hydroxyl groups is 1. The minimum atomic E-state index is -0.423. The third-order valence-electron chi connectivity index (χ3n) is 2.49. The zero-order valence-corrected chi connectivity index (χ0v) is 9.73. The predicted octanol–water partition coefficient (Wildman–Crippen LogP) is 2.18. The molecule has 0 fully saturated rings. The molecule has 0 saturated heterocycles. The standard InChI is InChI=1S/C12H17NO3/c1-7(2)8(3)16-12(15)9-4-5-11(14)10(13)6-9/h4-8,14H,13H2,1-3H3. The Balaban J connectivity index is 2.77. The number of anilines is 1. The van der Waals surface area contributed by atoms with Crippen molar-refractivity contribution in [3.63, 3.8) is 0 Å². The lowest BCUT2D eigenvalue weighted by Crippen LogP contribution is -2.20. The molecule has 88 valence electrons. The van der Waals surface area contributed by atoms with E-state index in [2.05, 4.69) is 0 Å². The molecule has 1 aromatic rings. The number of carbonyl (C=O) groups excluding carboxylic acids is 1. The zero-order chi connectivity index (χ0) is 12.3. The van der Waals surface area contributed by atoms with Gasteiger partial charge in [0.15, 0.2) is 0 Å². The quantitative estimate of drug-likeness (QED) is 0.468. The lowest BCUT2D eigenvalue weighted by Gasteiger charge is -2.16. The highest BCUT2D eigenvalue weighted by Crippen LogP contribution is 2.21. The molecule has 0 bridgehead atoms. The fraction of sp³-hybridized carbons (Fsp3) is 0.417. The number of phenols is 1. The van der Waals surface area contributed by atoms with Crippen LogP contribution in [0.25, 0.3) is 0 Å². The Morgan fingerprint density at radius 2 is 2.00 bits per heavy atom. The van der Waals surface area contributed by atoms with Crippen molar-refractivity contribution >= 4 is 11.7 Å². The second kappa shape index (κ2) is 4.88. The first-order chi connectivity index (χ1) is 7.41. The monoisotopic (exact) mass is 223 g/mol. The number of phenolic OH excluding ortho intramolecular Hbond substituents is 1. The molecule has 0 spiro atoms. The average Bonchev–Trinajstić information content (AvgIpc) is 2.21. The van der Waals surface area contributed by atoms with E-state index in [1.807, 2.05) is 20.8 Å². The van der Waals surface area contributed by atoms with E-state index in [0.29, 0.717) is 5.56 Å². The third kappa shape index (κ3) is 2.89. The maximum absolute atomic E-state index is 11.7. The number of nitrogens with two attached hydrogens (primary N) is 1. The fourth-order valence-corrected chi connectivity index (χ4v) is 1.05. The van der Waals surface area contributed by atoms with E-state index in [9.17, 15) is 9.90 Å². The summed E-state index contributed by atoms with van der Waals surface area (Å²) in [5, 5.41) is 9.22. The molecule has 16 heavy (non-hydrogen) atoms. The van der Waals surface area contributed by atoms with Crippen LogP contribution in [-0.4, -0.2) is 17.2 Å². The van der Waals surface area contributed by atoms with Crippen LogP contribution in [0.1, 0.15) is 31.1 Å². The predicted molar refractivity (Wildman–Crippen MR) is 62.2 cm³/mol. The first-order valence-corrected chi connectivity index (χ1v) is 5.21. The summed E-state index contributed by atoms with van der Waals surface area (Å²) in [6, 6.07) is 4.28. The van der Waals surface area contributed by atoms with Gasteiger partial charge in [-0.2, -0.15) is 0 Å². The summed E-state index contributed by atoms with van der Waals surface area (Å²) in [7, 11) is 0. The Labute approximate surface area is 95.0 Å². The zero-order valence-electron chi connectivity index (χ0n) is 9.73.